The summed E-state index contributed by atoms with van der Waals surface area (Å²) in [5, 5.41) is 2.89. The van der Waals surface area contributed by atoms with Crippen LogP contribution < -0.4 is 5.32 Å². The van der Waals surface area contributed by atoms with Crippen LogP contribution in [0.2, 0.25) is 0 Å². The average molecular weight is 711 g/mol. The first kappa shape index (κ1) is 36.2. The molecule has 1 saturated heterocycles. The first-order valence-corrected chi connectivity index (χ1v) is 19.1. The van der Waals surface area contributed by atoms with Crippen molar-refractivity contribution in [3.05, 3.63) is 157 Å². The molecule has 6 nitrogen and oxygen atoms in total. The number of alkyl carbamates (subject to hydrolysis) is 1. The van der Waals surface area contributed by atoms with Crippen LogP contribution in [0.15, 0.2) is 150 Å². The molecule has 0 radical (unpaired) electrons. The van der Waals surface area contributed by atoms with Crippen molar-refractivity contribution in [2.24, 2.45) is 0 Å². The van der Waals surface area contributed by atoms with Gasteiger partial charge in [-0.3, -0.25) is 0 Å². The zero-order chi connectivity index (χ0) is 34.3. The lowest BCUT2D eigenvalue weighted by Crippen LogP contribution is -2.38. The Morgan fingerprint density at radius 1 is 0.755 bits per heavy atom. The Morgan fingerprint density at radius 2 is 1.27 bits per heavy atom. The summed E-state index contributed by atoms with van der Waals surface area (Å²) in [6.07, 6.45) is 3.25. The van der Waals surface area contributed by atoms with Gasteiger partial charge in [-0.15, -0.1) is 35.3 Å². The Balaban J connectivity index is 1.31. The lowest BCUT2D eigenvalue weighted by Gasteiger charge is -2.37. The van der Waals surface area contributed by atoms with Crippen molar-refractivity contribution in [3.63, 3.8) is 0 Å². The molecule has 1 N–H and O–H groups in total. The van der Waals surface area contributed by atoms with E-state index >= 15 is 0 Å². The average Bonchev–Trinajstić information content (AvgIpc) is 3.57. The zero-order valence-electron chi connectivity index (χ0n) is 27.4. The highest BCUT2D eigenvalue weighted by Crippen LogP contribution is 2.52. The van der Waals surface area contributed by atoms with E-state index in [1.54, 1.807) is 35.7 Å². The monoisotopic (exact) mass is 710 g/mol. The molecule has 0 saturated carbocycles. The van der Waals surface area contributed by atoms with E-state index in [0.29, 0.717) is 13.1 Å². The summed E-state index contributed by atoms with van der Waals surface area (Å²) in [7, 11) is 0. The molecule has 4 aromatic carbocycles. The van der Waals surface area contributed by atoms with E-state index in [0.717, 1.165) is 27.7 Å². The van der Waals surface area contributed by atoms with Gasteiger partial charge in [0, 0.05) is 45.7 Å². The molecule has 2 amide bonds. The van der Waals surface area contributed by atoms with Gasteiger partial charge in [-0.25, -0.2) is 9.59 Å². The van der Waals surface area contributed by atoms with Crippen LogP contribution in [0, 0.1) is 0 Å². The number of hydrogen-bond donors (Lipinski definition) is 1. The number of nitrogens with one attached hydrogen (secondary N) is 1. The maximum Gasteiger partial charge on any atom is 0.410 e. The Kier molecular flexibility index (Phi) is 13.8. The summed E-state index contributed by atoms with van der Waals surface area (Å²) < 4.78 is 10.1. The fourth-order valence-electron chi connectivity index (χ4n) is 5.86. The minimum absolute atomic E-state index is 0.000747. The first-order chi connectivity index (χ1) is 24.0. The third kappa shape index (κ3) is 9.78. The second-order valence-corrected chi connectivity index (χ2v) is 15.1. The molecule has 0 bridgehead atoms. The van der Waals surface area contributed by atoms with Gasteiger partial charge in [0.1, 0.15) is 13.2 Å². The van der Waals surface area contributed by atoms with Gasteiger partial charge in [0.05, 0.1) is 4.75 Å². The number of ether oxygens (including phenoxy) is 2. The minimum Gasteiger partial charge on any atom is -0.445 e. The maximum absolute atomic E-state index is 13.4. The third-order valence-electron chi connectivity index (χ3n) is 8.06. The van der Waals surface area contributed by atoms with Gasteiger partial charge < -0.3 is 19.7 Å². The molecule has 0 unspecified atom stereocenters. The summed E-state index contributed by atoms with van der Waals surface area (Å²) in [4.78, 5) is 29.2. The predicted octanol–water partition coefficient (Wildman–Crippen LogP) is 9.27. The quantitative estimate of drug-likeness (QED) is 0.0538. The molecule has 254 valence electrons. The van der Waals surface area contributed by atoms with Crippen molar-refractivity contribution in [3.8, 4) is 0 Å². The SMILES string of the molecule is C=CCOC(=O)NCCSc1ccc(SC[C@@H]2C[C@H](SC(c3ccccc3)(c3ccccc3)c3ccccc3)CN2C(=O)OCC=C)cc1. The van der Waals surface area contributed by atoms with Crippen molar-refractivity contribution in [1.82, 2.24) is 10.2 Å². The highest BCUT2D eigenvalue weighted by Gasteiger charge is 2.44. The van der Waals surface area contributed by atoms with Gasteiger partial charge >= 0.3 is 12.2 Å². The molecular weight excluding hydrogens is 669 g/mol. The van der Waals surface area contributed by atoms with Crippen LogP contribution in [-0.2, 0) is 14.2 Å². The lowest BCUT2D eigenvalue weighted by molar-refractivity contribution is 0.111. The van der Waals surface area contributed by atoms with E-state index in [2.05, 4.69) is 134 Å². The third-order valence-corrected chi connectivity index (χ3v) is 12.0. The highest BCUT2D eigenvalue weighted by atomic mass is 32.2. The molecule has 0 aliphatic carbocycles. The minimum atomic E-state index is -0.470. The van der Waals surface area contributed by atoms with Crippen molar-refractivity contribution in [2.75, 3.05) is 37.8 Å². The van der Waals surface area contributed by atoms with Gasteiger partial charge in [-0.05, 0) is 47.4 Å². The van der Waals surface area contributed by atoms with Gasteiger partial charge in [-0.1, -0.05) is 116 Å². The summed E-state index contributed by atoms with van der Waals surface area (Å²) in [5.41, 5.74) is 3.62. The summed E-state index contributed by atoms with van der Waals surface area (Å²) >= 11 is 5.35. The number of carbonyl (C=O) groups is 2. The van der Waals surface area contributed by atoms with E-state index in [1.807, 2.05) is 16.7 Å². The maximum atomic E-state index is 13.4. The molecule has 0 aromatic heterocycles. The number of thioether (sulfide) groups is 3. The molecule has 2 atom stereocenters. The molecule has 49 heavy (non-hydrogen) atoms. The Morgan fingerprint density at radius 3 is 1.80 bits per heavy atom. The highest BCUT2D eigenvalue weighted by molar-refractivity contribution is 8.01. The summed E-state index contributed by atoms with van der Waals surface area (Å²) in [6.45, 7) is 8.75. The molecule has 1 fully saturated rings. The molecule has 1 aliphatic rings. The van der Waals surface area contributed by atoms with Crippen LogP contribution in [0.3, 0.4) is 0 Å². The van der Waals surface area contributed by atoms with E-state index in [-0.39, 0.29) is 30.6 Å². The smallest absolute Gasteiger partial charge is 0.410 e. The van der Waals surface area contributed by atoms with E-state index < -0.39 is 10.8 Å². The van der Waals surface area contributed by atoms with Crippen LogP contribution in [0.4, 0.5) is 9.59 Å². The number of hydrogen-bond acceptors (Lipinski definition) is 7. The van der Waals surface area contributed by atoms with E-state index in [4.69, 9.17) is 9.47 Å². The standard InChI is InChI=1S/C40H42N2O4S3/c1-3-25-45-38(43)41-24-27-47-35-20-22-36(23-21-35)48-30-34-28-37(29-42(34)39(44)46-26-4-2)49-40(31-14-8-5-9-15-31,32-16-10-6-11-17-32)33-18-12-7-13-19-33/h3-23,34,37H,1-2,24-30H2,(H,41,43)/t34-,37-/m0/s1. The van der Waals surface area contributed by atoms with Crippen LogP contribution in [-0.4, -0.2) is 66.2 Å². The number of carbonyl (C=O) groups excluding carboxylic acids is 2. The predicted molar refractivity (Wildman–Crippen MR) is 205 cm³/mol. The molecule has 5 rings (SSSR count). The second kappa shape index (κ2) is 18.6. The van der Waals surface area contributed by atoms with Gasteiger partial charge in [0.15, 0.2) is 0 Å². The lowest BCUT2D eigenvalue weighted by atomic mass is 9.84. The van der Waals surface area contributed by atoms with Crippen LogP contribution in [0.5, 0.6) is 0 Å². The van der Waals surface area contributed by atoms with Crippen molar-refractivity contribution in [1.29, 1.82) is 0 Å². The molecule has 1 heterocycles. The van der Waals surface area contributed by atoms with Crippen molar-refractivity contribution in [2.45, 2.75) is 32.3 Å². The second-order valence-electron chi connectivity index (χ2n) is 11.4. The molecule has 1 aliphatic heterocycles. The van der Waals surface area contributed by atoms with Crippen LogP contribution in [0.25, 0.3) is 0 Å². The van der Waals surface area contributed by atoms with Gasteiger partial charge in [0.2, 0.25) is 0 Å². The number of rotatable bonds is 16. The summed E-state index contributed by atoms with van der Waals surface area (Å²) in [5.74, 6) is 1.48. The number of likely N-dealkylation sites (tertiary alicyclic amines) is 1. The molecule has 4 aromatic rings. The Labute approximate surface area is 302 Å². The van der Waals surface area contributed by atoms with Crippen LogP contribution in [0.1, 0.15) is 23.1 Å². The molecular formula is C40H42N2O4S3. The number of nitrogens with zero attached hydrogens (tertiary/aromatic N) is 1. The number of benzene rings is 4. The summed E-state index contributed by atoms with van der Waals surface area (Å²) in [6, 6.07) is 40.5. The Bertz CT molecular complexity index is 1540. The van der Waals surface area contributed by atoms with E-state index in [1.165, 1.54) is 16.7 Å². The largest absolute Gasteiger partial charge is 0.445 e. The van der Waals surface area contributed by atoms with Gasteiger partial charge in [0.25, 0.3) is 0 Å². The fourth-order valence-corrected chi connectivity index (χ4v) is 9.53. The van der Waals surface area contributed by atoms with Crippen molar-refractivity contribution >= 4 is 47.5 Å². The first-order valence-electron chi connectivity index (χ1n) is 16.3. The fraction of sp³-hybridized carbons (Fsp3) is 0.250. The zero-order valence-corrected chi connectivity index (χ0v) is 29.9. The van der Waals surface area contributed by atoms with E-state index in [9.17, 15) is 9.59 Å². The van der Waals surface area contributed by atoms with Crippen LogP contribution >= 0.6 is 35.3 Å². The normalized spacial score (nSPS) is 15.7. The van der Waals surface area contributed by atoms with Crippen molar-refractivity contribution < 1.29 is 19.1 Å². The molecule has 0 spiro atoms. The molecule has 9 heteroatoms. The van der Waals surface area contributed by atoms with Gasteiger partial charge in [-0.2, -0.15) is 0 Å². The number of amides is 2. The Hall–Kier alpha value is -4.05. The topological polar surface area (TPSA) is 67.9 Å².